The molecule has 18 heavy (non-hydrogen) atoms. The molecular weight excluding hydrogens is 238 g/mol. The Hall–Kier alpha value is -1.89. The van der Waals surface area contributed by atoms with Gasteiger partial charge in [0.15, 0.2) is 5.69 Å². The molecule has 2 atom stereocenters. The number of aryl methyl sites for hydroxylation is 1. The maximum absolute atomic E-state index is 12.0. The molecule has 0 spiro atoms. The highest BCUT2D eigenvalue weighted by Crippen LogP contribution is 2.14. The number of carbonyl (C=O) groups is 2. The summed E-state index contributed by atoms with van der Waals surface area (Å²) in [6.07, 6.45) is -0.758. The maximum Gasteiger partial charge on any atom is 0.276 e. The molecule has 1 aliphatic heterocycles. The zero-order chi connectivity index (χ0) is 13.3. The minimum Gasteiger partial charge on any atom is -0.389 e. The third-order valence-electron chi connectivity index (χ3n) is 2.81. The van der Waals surface area contributed by atoms with Gasteiger partial charge in [0.2, 0.25) is 5.91 Å². The van der Waals surface area contributed by atoms with Gasteiger partial charge in [0.05, 0.1) is 12.1 Å². The number of hydrogen-bond donors (Lipinski definition) is 2. The number of aliphatic hydroxyl groups is 1. The number of β-amino-alcohol motifs (C(OH)–C–C–N with tert-alkyl or cyclic N) is 1. The van der Waals surface area contributed by atoms with Crippen LogP contribution in [0.15, 0.2) is 10.6 Å². The van der Waals surface area contributed by atoms with Gasteiger partial charge in [-0.25, -0.2) is 0 Å². The van der Waals surface area contributed by atoms with Crippen molar-refractivity contribution >= 4 is 11.8 Å². The summed E-state index contributed by atoms with van der Waals surface area (Å²) in [5.41, 5.74) is 0.211. The molecule has 98 valence electrons. The second-order valence-corrected chi connectivity index (χ2v) is 4.41. The fourth-order valence-corrected chi connectivity index (χ4v) is 1.98. The largest absolute Gasteiger partial charge is 0.389 e. The summed E-state index contributed by atoms with van der Waals surface area (Å²) in [6, 6.07) is 1.11. The Balaban J connectivity index is 2.03. The average Bonchev–Trinajstić information content (AvgIpc) is 2.85. The predicted molar refractivity (Wildman–Crippen MR) is 60.8 cm³/mol. The van der Waals surface area contributed by atoms with Crippen molar-refractivity contribution in [3.63, 3.8) is 0 Å². The monoisotopic (exact) mass is 253 g/mol. The van der Waals surface area contributed by atoms with Crippen molar-refractivity contribution in [2.45, 2.75) is 26.0 Å². The smallest absolute Gasteiger partial charge is 0.276 e. The molecule has 2 amide bonds. The van der Waals surface area contributed by atoms with Gasteiger partial charge in [-0.2, -0.15) is 0 Å². The van der Waals surface area contributed by atoms with Gasteiger partial charge in [-0.3, -0.25) is 9.59 Å². The van der Waals surface area contributed by atoms with E-state index in [2.05, 4.69) is 10.5 Å². The zero-order valence-corrected chi connectivity index (χ0v) is 10.2. The number of aliphatic hydroxyl groups excluding tert-OH is 1. The van der Waals surface area contributed by atoms with Crippen LogP contribution in [0.5, 0.6) is 0 Å². The summed E-state index contributed by atoms with van der Waals surface area (Å²) in [4.78, 5) is 24.4. The van der Waals surface area contributed by atoms with Crippen molar-refractivity contribution in [2.75, 3.05) is 13.1 Å². The molecule has 1 saturated heterocycles. The molecule has 7 heteroatoms. The topological polar surface area (TPSA) is 95.7 Å². The van der Waals surface area contributed by atoms with Crippen molar-refractivity contribution in [3.05, 3.63) is 17.5 Å². The molecule has 1 aromatic heterocycles. The summed E-state index contributed by atoms with van der Waals surface area (Å²) >= 11 is 0. The van der Waals surface area contributed by atoms with Gasteiger partial charge in [0.25, 0.3) is 5.91 Å². The van der Waals surface area contributed by atoms with Gasteiger partial charge in [0.1, 0.15) is 5.76 Å². The number of rotatable bonds is 2. The molecule has 0 saturated carbocycles. The molecule has 0 radical (unpaired) electrons. The average molecular weight is 253 g/mol. The third kappa shape index (κ3) is 2.51. The van der Waals surface area contributed by atoms with Crippen molar-refractivity contribution in [1.82, 2.24) is 15.4 Å². The molecule has 0 aromatic carbocycles. The number of likely N-dealkylation sites (tertiary alicyclic amines) is 1. The Morgan fingerprint density at radius 3 is 2.83 bits per heavy atom. The van der Waals surface area contributed by atoms with Crippen molar-refractivity contribution in [1.29, 1.82) is 0 Å². The Labute approximate surface area is 104 Å². The lowest BCUT2D eigenvalue weighted by Gasteiger charge is -2.14. The number of aromatic nitrogens is 1. The fourth-order valence-electron chi connectivity index (χ4n) is 1.98. The van der Waals surface area contributed by atoms with Gasteiger partial charge >= 0.3 is 0 Å². The maximum atomic E-state index is 12.0. The molecular formula is C11H15N3O4. The van der Waals surface area contributed by atoms with Crippen molar-refractivity contribution < 1.29 is 19.2 Å². The molecule has 2 rings (SSSR count). The van der Waals surface area contributed by atoms with Crippen LogP contribution in [0, 0.1) is 6.92 Å². The summed E-state index contributed by atoms with van der Waals surface area (Å²) in [7, 11) is 0. The first-order chi connectivity index (χ1) is 8.47. The highest BCUT2D eigenvalue weighted by atomic mass is 16.5. The first kappa shape index (κ1) is 12.6. The number of hydrogen-bond acceptors (Lipinski definition) is 5. The predicted octanol–water partition coefficient (Wildman–Crippen LogP) is -0.696. The molecule has 2 N–H and O–H groups in total. The van der Waals surface area contributed by atoms with E-state index in [0.717, 1.165) is 0 Å². The summed E-state index contributed by atoms with van der Waals surface area (Å²) in [6.45, 7) is 3.52. The second kappa shape index (κ2) is 4.77. The van der Waals surface area contributed by atoms with E-state index in [1.54, 1.807) is 13.0 Å². The lowest BCUT2D eigenvalue weighted by Crippen LogP contribution is -2.41. The lowest BCUT2D eigenvalue weighted by atomic mass is 10.2. The molecule has 7 nitrogen and oxygen atoms in total. The first-order valence-electron chi connectivity index (χ1n) is 5.65. The highest BCUT2D eigenvalue weighted by molar-refractivity contribution is 5.92. The van der Waals surface area contributed by atoms with Crippen LogP contribution >= 0.6 is 0 Å². The van der Waals surface area contributed by atoms with Crippen molar-refractivity contribution in [2.24, 2.45) is 0 Å². The molecule has 2 heterocycles. The quantitative estimate of drug-likeness (QED) is 0.727. The molecule has 0 bridgehead atoms. The van der Waals surface area contributed by atoms with E-state index in [0.29, 0.717) is 5.76 Å². The minimum absolute atomic E-state index is 0.176. The van der Waals surface area contributed by atoms with Crippen LogP contribution in [0.3, 0.4) is 0 Å². The minimum atomic E-state index is -0.758. The van der Waals surface area contributed by atoms with Crippen LogP contribution in [0.2, 0.25) is 0 Å². The van der Waals surface area contributed by atoms with Gasteiger partial charge in [0, 0.05) is 26.1 Å². The highest BCUT2D eigenvalue weighted by Gasteiger charge is 2.35. The normalized spacial score (nSPS) is 23.2. The Morgan fingerprint density at radius 2 is 2.28 bits per heavy atom. The van der Waals surface area contributed by atoms with E-state index in [9.17, 15) is 14.7 Å². The number of amides is 2. The summed E-state index contributed by atoms with van der Waals surface area (Å²) in [5.74, 6) is 0.0147. The Kier molecular flexibility index (Phi) is 3.33. The third-order valence-corrected chi connectivity index (χ3v) is 2.81. The summed E-state index contributed by atoms with van der Waals surface area (Å²) < 4.78 is 4.83. The van der Waals surface area contributed by atoms with Gasteiger partial charge in [-0.15, -0.1) is 0 Å². The van der Waals surface area contributed by atoms with Gasteiger partial charge in [-0.1, -0.05) is 5.16 Å². The van der Waals surface area contributed by atoms with E-state index in [1.807, 2.05) is 0 Å². The zero-order valence-electron chi connectivity index (χ0n) is 10.2. The number of carbonyl (C=O) groups excluding carboxylic acids is 2. The lowest BCUT2D eigenvalue weighted by molar-refractivity contribution is -0.120. The Morgan fingerprint density at radius 1 is 1.56 bits per heavy atom. The Bertz CT molecular complexity index is 471. The molecule has 1 fully saturated rings. The van der Waals surface area contributed by atoms with Crippen LogP contribution in [-0.4, -0.2) is 52.2 Å². The van der Waals surface area contributed by atoms with Crippen LogP contribution in [0.25, 0.3) is 0 Å². The van der Waals surface area contributed by atoms with E-state index in [4.69, 9.17) is 4.52 Å². The van der Waals surface area contributed by atoms with Crippen molar-refractivity contribution in [3.8, 4) is 0 Å². The molecule has 0 aliphatic carbocycles. The van der Waals surface area contributed by atoms with E-state index >= 15 is 0 Å². The summed E-state index contributed by atoms with van der Waals surface area (Å²) in [5, 5.41) is 16.0. The molecule has 1 aliphatic rings. The molecule has 0 unspecified atom stereocenters. The second-order valence-electron chi connectivity index (χ2n) is 4.41. The fraction of sp³-hybridized carbons (Fsp3) is 0.545. The van der Waals surface area contributed by atoms with Crippen LogP contribution in [0.1, 0.15) is 23.2 Å². The standard InChI is InChI=1S/C11H15N3O4/c1-6-3-8(13-18-6)11(17)14-4-9(10(16)5-14)12-7(2)15/h3,9-10,16H,4-5H2,1-2H3,(H,12,15)/t9-,10-/m1/s1. The number of nitrogens with one attached hydrogen (secondary N) is 1. The van der Waals surface area contributed by atoms with E-state index in [1.165, 1.54) is 11.8 Å². The van der Waals surface area contributed by atoms with E-state index in [-0.39, 0.29) is 30.6 Å². The van der Waals surface area contributed by atoms with Crippen LogP contribution in [0.4, 0.5) is 0 Å². The van der Waals surface area contributed by atoms with Crippen LogP contribution in [-0.2, 0) is 4.79 Å². The van der Waals surface area contributed by atoms with Crippen LogP contribution < -0.4 is 5.32 Å². The van der Waals surface area contributed by atoms with Gasteiger partial charge < -0.3 is 19.8 Å². The SMILES string of the molecule is CC(=O)N[C@@H]1CN(C(=O)c2cc(C)on2)C[C@H]1O. The molecule has 1 aromatic rings. The number of nitrogens with zero attached hydrogens (tertiary/aromatic N) is 2. The van der Waals surface area contributed by atoms with Gasteiger partial charge in [-0.05, 0) is 6.92 Å². The van der Waals surface area contributed by atoms with E-state index < -0.39 is 12.1 Å². The first-order valence-corrected chi connectivity index (χ1v) is 5.65.